The fourth-order valence-electron chi connectivity index (χ4n) is 3.09. The van der Waals surface area contributed by atoms with Gasteiger partial charge < -0.3 is 14.6 Å². The SMILES string of the molecule is Cc1ccc2c(CC(=O)NCc3ccc(CN(C)C)cc3)coc2c1C. The Morgan fingerprint density at radius 3 is 2.42 bits per heavy atom. The maximum atomic E-state index is 12.3. The first kappa shape index (κ1) is 18.2. The molecule has 0 aliphatic heterocycles. The van der Waals surface area contributed by atoms with Crippen molar-refractivity contribution >= 4 is 16.9 Å². The number of hydrogen-bond acceptors (Lipinski definition) is 3. The summed E-state index contributed by atoms with van der Waals surface area (Å²) >= 11 is 0. The number of nitrogens with zero attached hydrogens (tertiary/aromatic N) is 1. The van der Waals surface area contributed by atoms with E-state index in [0.29, 0.717) is 13.0 Å². The summed E-state index contributed by atoms with van der Waals surface area (Å²) in [7, 11) is 4.10. The van der Waals surface area contributed by atoms with Crippen LogP contribution in [0.25, 0.3) is 11.0 Å². The number of carbonyl (C=O) groups excluding carboxylic acids is 1. The van der Waals surface area contributed by atoms with Crippen LogP contribution in [0, 0.1) is 13.8 Å². The minimum absolute atomic E-state index is 0.00305. The molecule has 4 heteroatoms. The van der Waals surface area contributed by atoms with Crippen LogP contribution in [-0.2, 0) is 24.3 Å². The van der Waals surface area contributed by atoms with Crippen LogP contribution in [0.3, 0.4) is 0 Å². The van der Waals surface area contributed by atoms with Gasteiger partial charge >= 0.3 is 0 Å². The number of fused-ring (bicyclic) bond motifs is 1. The molecular weight excluding hydrogens is 324 g/mol. The van der Waals surface area contributed by atoms with E-state index in [1.54, 1.807) is 6.26 Å². The molecule has 0 unspecified atom stereocenters. The van der Waals surface area contributed by atoms with Crippen LogP contribution < -0.4 is 5.32 Å². The quantitative estimate of drug-likeness (QED) is 0.732. The Labute approximate surface area is 154 Å². The van der Waals surface area contributed by atoms with Crippen LogP contribution in [0.4, 0.5) is 0 Å². The number of carbonyl (C=O) groups is 1. The van der Waals surface area contributed by atoms with E-state index in [1.165, 1.54) is 11.1 Å². The third-order valence-corrected chi connectivity index (χ3v) is 4.70. The molecule has 0 radical (unpaired) electrons. The fourth-order valence-corrected chi connectivity index (χ4v) is 3.09. The molecule has 1 aromatic heterocycles. The predicted octanol–water partition coefficient (Wildman–Crippen LogP) is 3.97. The monoisotopic (exact) mass is 350 g/mol. The Bertz CT molecular complexity index is 908. The third kappa shape index (κ3) is 4.14. The maximum absolute atomic E-state index is 12.3. The summed E-state index contributed by atoms with van der Waals surface area (Å²) in [6, 6.07) is 12.5. The highest BCUT2D eigenvalue weighted by Crippen LogP contribution is 2.26. The van der Waals surface area contributed by atoms with Gasteiger partial charge in [0.15, 0.2) is 0 Å². The molecule has 3 aromatic rings. The lowest BCUT2D eigenvalue weighted by molar-refractivity contribution is -0.120. The lowest BCUT2D eigenvalue weighted by Crippen LogP contribution is -2.24. The Balaban J connectivity index is 1.60. The summed E-state index contributed by atoms with van der Waals surface area (Å²) in [5.41, 5.74) is 6.50. The molecule has 26 heavy (non-hydrogen) atoms. The van der Waals surface area contributed by atoms with Crippen LogP contribution in [0.15, 0.2) is 47.1 Å². The van der Waals surface area contributed by atoms with Crippen LogP contribution >= 0.6 is 0 Å². The highest BCUT2D eigenvalue weighted by atomic mass is 16.3. The highest BCUT2D eigenvalue weighted by molar-refractivity contribution is 5.89. The molecule has 4 nitrogen and oxygen atoms in total. The number of benzene rings is 2. The number of furan rings is 1. The van der Waals surface area contributed by atoms with Gasteiger partial charge in [-0.2, -0.15) is 0 Å². The van der Waals surface area contributed by atoms with E-state index in [0.717, 1.165) is 34.2 Å². The lowest BCUT2D eigenvalue weighted by atomic mass is 10.0. The molecule has 1 N–H and O–H groups in total. The van der Waals surface area contributed by atoms with Crippen molar-refractivity contribution in [1.82, 2.24) is 10.2 Å². The van der Waals surface area contributed by atoms with Crippen molar-refractivity contribution in [3.8, 4) is 0 Å². The van der Waals surface area contributed by atoms with E-state index in [2.05, 4.69) is 61.6 Å². The average molecular weight is 350 g/mol. The summed E-state index contributed by atoms with van der Waals surface area (Å²) in [4.78, 5) is 14.5. The van der Waals surface area contributed by atoms with Crippen molar-refractivity contribution in [3.63, 3.8) is 0 Å². The van der Waals surface area contributed by atoms with Crippen molar-refractivity contribution in [3.05, 3.63) is 70.5 Å². The molecule has 2 aromatic carbocycles. The lowest BCUT2D eigenvalue weighted by Gasteiger charge is -2.10. The average Bonchev–Trinajstić information content (AvgIpc) is 3.00. The zero-order valence-corrected chi connectivity index (χ0v) is 15.9. The summed E-state index contributed by atoms with van der Waals surface area (Å²) in [5, 5.41) is 4.02. The smallest absolute Gasteiger partial charge is 0.224 e. The van der Waals surface area contributed by atoms with Crippen molar-refractivity contribution < 1.29 is 9.21 Å². The second-order valence-electron chi connectivity index (χ2n) is 7.15. The molecule has 0 atom stereocenters. The van der Waals surface area contributed by atoms with Gasteiger partial charge in [0.2, 0.25) is 5.91 Å². The second kappa shape index (κ2) is 7.75. The van der Waals surface area contributed by atoms with E-state index in [9.17, 15) is 4.79 Å². The van der Waals surface area contributed by atoms with Gasteiger partial charge in [-0.05, 0) is 50.2 Å². The van der Waals surface area contributed by atoms with Gasteiger partial charge in [0.25, 0.3) is 0 Å². The Morgan fingerprint density at radius 1 is 1.04 bits per heavy atom. The minimum atomic E-state index is 0.00305. The minimum Gasteiger partial charge on any atom is -0.464 e. The summed E-state index contributed by atoms with van der Waals surface area (Å²) < 4.78 is 5.69. The third-order valence-electron chi connectivity index (χ3n) is 4.70. The zero-order chi connectivity index (χ0) is 18.7. The molecule has 0 bridgehead atoms. The summed E-state index contributed by atoms with van der Waals surface area (Å²) in [5.74, 6) is 0.00305. The maximum Gasteiger partial charge on any atom is 0.224 e. The van der Waals surface area contributed by atoms with Gasteiger partial charge in [0, 0.05) is 24.0 Å². The van der Waals surface area contributed by atoms with Gasteiger partial charge in [-0.25, -0.2) is 0 Å². The molecule has 1 heterocycles. The molecule has 3 rings (SSSR count). The Morgan fingerprint density at radius 2 is 1.73 bits per heavy atom. The van der Waals surface area contributed by atoms with Gasteiger partial charge in [-0.1, -0.05) is 36.4 Å². The number of rotatable bonds is 6. The number of nitrogens with one attached hydrogen (secondary N) is 1. The topological polar surface area (TPSA) is 45.5 Å². The second-order valence-corrected chi connectivity index (χ2v) is 7.15. The van der Waals surface area contributed by atoms with Gasteiger partial charge in [-0.3, -0.25) is 4.79 Å². The van der Waals surface area contributed by atoms with Crippen LogP contribution in [0.2, 0.25) is 0 Å². The Hall–Kier alpha value is -2.59. The molecule has 0 aliphatic carbocycles. The molecular formula is C22H26N2O2. The summed E-state index contributed by atoms with van der Waals surface area (Å²) in [6.45, 7) is 5.56. The van der Waals surface area contributed by atoms with E-state index in [-0.39, 0.29) is 5.91 Å². The molecule has 1 amide bonds. The zero-order valence-electron chi connectivity index (χ0n) is 15.9. The van der Waals surface area contributed by atoms with Crippen LogP contribution in [0.1, 0.15) is 27.8 Å². The largest absolute Gasteiger partial charge is 0.464 e. The Kier molecular flexibility index (Phi) is 5.43. The first-order valence-corrected chi connectivity index (χ1v) is 8.89. The number of hydrogen-bond donors (Lipinski definition) is 1. The van der Waals surface area contributed by atoms with E-state index in [4.69, 9.17) is 4.42 Å². The molecule has 0 fully saturated rings. The standard InChI is InChI=1S/C22H26N2O2/c1-15-5-10-20-19(14-26-22(20)16(15)2)11-21(25)23-12-17-6-8-18(9-7-17)13-24(3)4/h5-10,14H,11-13H2,1-4H3,(H,23,25). The van der Waals surface area contributed by atoms with Gasteiger partial charge in [-0.15, -0.1) is 0 Å². The first-order valence-electron chi connectivity index (χ1n) is 8.89. The van der Waals surface area contributed by atoms with Crippen molar-refractivity contribution in [2.24, 2.45) is 0 Å². The summed E-state index contributed by atoms with van der Waals surface area (Å²) in [6.07, 6.45) is 2.03. The normalized spacial score (nSPS) is 11.3. The molecule has 0 aliphatic rings. The van der Waals surface area contributed by atoms with Crippen LogP contribution in [0.5, 0.6) is 0 Å². The predicted molar refractivity (Wildman–Crippen MR) is 105 cm³/mol. The number of aryl methyl sites for hydroxylation is 2. The molecule has 0 saturated heterocycles. The first-order chi connectivity index (χ1) is 12.4. The van der Waals surface area contributed by atoms with Gasteiger partial charge in [0.1, 0.15) is 5.58 Å². The van der Waals surface area contributed by atoms with Crippen LogP contribution in [-0.4, -0.2) is 24.9 Å². The van der Waals surface area contributed by atoms with Crippen molar-refractivity contribution in [2.75, 3.05) is 14.1 Å². The highest BCUT2D eigenvalue weighted by Gasteiger charge is 2.12. The van der Waals surface area contributed by atoms with E-state index in [1.807, 2.05) is 13.0 Å². The molecule has 0 saturated carbocycles. The fraction of sp³-hybridized carbons (Fsp3) is 0.318. The van der Waals surface area contributed by atoms with Crippen molar-refractivity contribution in [2.45, 2.75) is 33.4 Å². The van der Waals surface area contributed by atoms with Crippen molar-refractivity contribution in [1.29, 1.82) is 0 Å². The molecule has 136 valence electrons. The van der Waals surface area contributed by atoms with E-state index >= 15 is 0 Å². The van der Waals surface area contributed by atoms with E-state index < -0.39 is 0 Å². The number of amides is 1. The van der Waals surface area contributed by atoms with Gasteiger partial charge in [0.05, 0.1) is 12.7 Å². The molecule has 0 spiro atoms.